The molecule has 4 heteroatoms. The molecule has 0 amide bonds. The molecule has 1 N–H and O–H groups in total. The van der Waals surface area contributed by atoms with E-state index in [-0.39, 0.29) is 11.1 Å². The molecule has 1 atom stereocenters. The fraction of sp³-hybridized carbons (Fsp3) is 0.700. The highest BCUT2D eigenvalue weighted by molar-refractivity contribution is 6.77. The van der Waals surface area contributed by atoms with Gasteiger partial charge in [0.2, 0.25) is 0 Å². The van der Waals surface area contributed by atoms with E-state index in [2.05, 4.69) is 103 Å². The SMILES string of the molecule is CC(C)(C)[Si](C)(C)N[C@@H](CO[Si](C)(C)C(C)(C)C)c1ccccc1. The molecular weight excluding hydrogens is 326 g/mol. The summed E-state index contributed by atoms with van der Waals surface area (Å²) in [6.07, 6.45) is 0. The van der Waals surface area contributed by atoms with Crippen LogP contribution in [-0.2, 0) is 4.43 Å². The Bertz CT molecular complexity index is 513. The van der Waals surface area contributed by atoms with Gasteiger partial charge in [-0.1, -0.05) is 85.0 Å². The summed E-state index contributed by atoms with van der Waals surface area (Å²) in [5.41, 5.74) is 1.33. The van der Waals surface area contributed by atoms with Gasteiger partial charge in [0, 0.05) is 6.04 Å². The standard InChI is InChI=1S/C20H39NOSi2/c1-19(2,3)23(7,8)21-18(17-14-12-11-13-15-17)16-22-24(9,10)20(4,5)6/h11-15,18,21H,16H2,1-10H3/t18-/m0/s1. The number of benzene rings is 1. The lowest BCUT2D eigenvalue weighted by Gasteiger charge is -2.42. The van der Waals surface area contributed by atoms with Crippen molar-refractivity contribution in [3.63, 3.8) is 0 Å². The largest absolute Gasteiger partial charge is 0.415 e. The highest BCUT2D eigenvalue weighted by atomic mass is 28.4. The molecule has 0 bridgehead atoms. The maximum atomic E-state index is 6.57. The van der Waals surface area contributed by atoms with E-state index in [0.717, 1.165) is 6.61 Å². The number of hydrogen-bond donors (Lipinski definition) is 1. The average Bonchev–Trinajstić information content (AvgIpc) is 2.42. The van der Waals surface area contributed by atoms with Gasteiger partial charge in [0.15, 0.2) is 8.32 Å². The summed E-state index contributed by atoms with van der Waals surface area (Å²) in [7, 11) is -3.35. The molecule has 0 unspecified atom stereocenters. The molecule has 0 aliphatic carbocycles. The fourth-order valence-electron chi connectivity index (χ4n) is 2.07. The van der Waals surface area contributed by atoms with E-state index in [0.29, 0.717) is 5.04 Å². The highest BCUT2D eigenvalue weighted by Gasteiger charge is 2.40. The molecular formula is C20H39NOSi2. The summed E-state index contributed by atoms with van der Waals surface area (Å²) in [6.45, 7) is 24.2. The minimum atomic E-state index is -1.75. The lowest BCUT2D eigenvalue weighted by atomic mass is 10.1. The van der Waals surface area contributed by atoms with E-state index in [1.165, 1.54) is 5.56 Å². The normalized spacial score (nSPS) is 15.4. The quantitative estimate of drug-likeness (QED) is 0.593. The molecule has 0 aliphatic rings. The Kier molecular flexibility index (Phi) is 6.70. The second kappa shape index (κ2) is 7.44. The van der Waals surface area contributed by atoms with Gasteiger partial charge in [-0.15, -0.1) is 0 Å². The smallest absolute Gasteiger partial charge is 0.192 e. The van der Waals surface area contributed by atoms with Crippen LogP contribution in [0.1, 0.15) is 53.1 Å². The lowest BCUT2D eigenvalue weighted by Crippen LogP contribution is -2.55. The number of hydrogen-bond acceptors (Lipinski definition) is 2. The molecule has 0 saturated carbocycles. The zero-order valence-electron chi connectivity index (χ0n) is 17.6. The maximum Gasteiger partial charge on any atom is 0.192 e. The molecule has 24 heavy (non-hydrogen) atoms. The second-order valence-corrected chi connectivity index (χ2v) is 19.9. The van der Waals surface area contributed by atoms with Crippen molar-refractivity contribution in [3.8, 4) is 0 Å². The molecule has 0 heterocycles. The van der Waals surface area contributed by atoms with E-state index < -0.39 is 16.6 Å². The highest BCUT2D eigenvalue weighted by Crippen LogP contribution is 2.38. The van der Waals surface area contributed by atoms with Gasteiger partial charge in [-0.05, 0) is 28.7 Å². The van der Waals surface area contributed by atoms with Crippen molar-refractivity contribution in [2.45, 2.75) is 83.8 Å². The van der Waals surface area contributed by atoms with E-state index in [4.69, 9.17) is 4.43 Å². The zero-order valence-corrected chi connectivity index (χ0v) is 19.6. The van der Waals surface area contributed by atoms with Gasteiger partial charge in [-0.3, -0.25) is 0 Å². The van der Waals surface area contributed by atoms with Crippen molar-refractivity contribution in [1.82, 2.24) is 4.98 Å². The van der Waals surface area contributed by atoms with E-state index >= 15 is 0 Å². The van der Waals surface area contributed by atoms with E-state index in [9.17, 15) is 0 Å². The molecule has 0 aromatic heterocycles. The molecule has 0 fully saturated rings. The van der Waals surface area contributed by atoms with Crippen LogP contribution in [0.15, 0.2) is 30.3 Å². The summed E-state index contributed by atoms with van der Waals surface area (Å²) >= 11 is 0. The average molecular weight is 366 g/mol. The first kappa shape index (κ1) is 21.6. The first-order valence-electron chi connectivity index (χ1n) is 9.14. The van der Waals surface area contributed by atoms with Gasteiger partial charge in [0.1, 0.15) is 8.24 Å². The van der Waals surface area contributed by atoms with Crippen LogP contribution in [0.5, 0.6) is 0 Å². The summed E-state index contributed by atoms with van der Waals surface area (Å²) in [6, 6.07) is 11.0. The van der Waals surface area contributed by atoms with Crippen LogP contribution in [0.4, 0.5) is 0 Å². The minimum absolute atomic E-state index is 0.241. The van der Waals surface area contributed by atoms with Gasteiger partial charge in [-0.2, -0.15) is 0 Å². The maximum absolute atomic E-state index is 6.57. The van der Waals surface area contributed by atoms with Gasteiger partial charge >= 0.3 is 0 Å². The van der Waals surface area contributed by atoms with Crippen molar-refractivity contribution in [2.24, 2.45) is 0 Å². The third kappa shape index (κ3) is 5.55. The van der Waals surface area contributed by atoms with Crippen LogP contribution in [0.3, 0.4) is 0 Å². The topological polar surface area (TPSA) is 21.3 Å². The Morgan fingerprint density at radius 1 is 0.875 bits per heavy atom. The molecule has 1 aromatic rings. The van der Waals surface area contributed by atoms with Crippen LogP contribution in [0.2, 0.25) is 36.3 Å². The van der Waals surface area contributed by atoms with Crippen molar-refractivity contribution in [2.75, 3.05) is 6.61 Å². The molecule has 0 radical (unpaired) electrons. The van der Waals surface area contributed by atoms with E-state index in [1.54, 1.807) is 0 Å². The van der Waals surface area contributed by atoms with E-state index in [1.807, 2.05) is 0 Å². The van der Waals surface area contributed by atoms with Crippen LogP contribution in [-0.4, -0.2) is 23.2 Å². The third-order valence-corrected chi connectivity index (χ3v) is 15.3. The van der Waals surface area contributed by atoms with Crippen LogP contribution < -0.4 is 4.98 Å². The summed E-state index contributed by atoms with van der Waals surface area (Å²) < 4.78 is 6.57. The van der Waals surface area contributed by atoms with Gasteiger partial charge in [0.05, 0.1) is 6.61 Å². The van der Waals surface area contributed by atoms with Gasteiger partial charge in [0.25, 0.3) is 0 Å². The molecule has 0 spiro atoms. The van der Waals surface area contributed by atoms with Crippen LogP contribution in [0, 0.1) is 0 Å². The Labute approximate surface area is 152 Å². The van der Waals surface area contributed by atoms with Crippen LogP contribution >= 0.6 is 0 Å². The summed E-state index contributed by atoms with van der Waals surface area (Å²) in [5, 5.41) is 0.544. The summed E-state index contributed by atoms with van der Waals surface area (Å²) in [5.74, 6) is 0. The molecule has 0 aliphatic heterocycles. The van der Waals surface area contributed by atoms with Crippen molar-refractivity contribution >= 4 is 16.6 Å². The fourth-order valence-corrected chi connectivity index (χ4v) is 4.64. The molecule has 0 saturated heterocycles. The summed E-state index contributed by atoms with van der Waals surface area (Å²) in [4.78, 5) is 4.01. The van der Waals surface area contributed by atoms with Gasteiger partial charge in [-0.25, -0.2) is 0 Å². The van der Waals surface area contributed by atoms with Crippen LogP contribution in [0.25, 0.3) is 0 Å². The first-order chi connectivity index (χ1) is 10.7. The Balaban J connectivity index is 3.01. The van der Waals surface area contributed by atoms with Crippen molar-refractivity contribution in [3.05, 3.63) is 35.9 Å². The zero-order chi connectivity index (χ0) is 18.8. The first-order valence-corrected chi connectivity index (χ1v) is 15.0. The predicted molar refractivity (Wildman–Crippen MR) is 113 cm³/mol. The Morgan fingerprint density at radius 3 is 1.79 bits per heavy atom. The monoisotopic (exact) mass is 365 g/mol. The third-order valence-electron chi connectivity index (χ3n) is 6.03. The molecule has 2 nitrogen and oxygen atoms in total. The predicted octanol–water partition coefficient (Wildman–Crippen LogP) is 6.34. The number of nitrogens with one attached hydrogen (secondary N) is 1. The molecule has 1 rings (SSSR count). The second-order valence-electron chi connectivity index (χ2n) is 10.1. The molecule has 1 aromatic carbocycles. The lowest BCUT2D eigenvalue weighted by molar-refractivity contribution is 0.255. The van der Waals surface area contributed by atoms with Crippen molar-refractivity contribution in [1.29, 1.82) is 0 Å². The van der Waals surface area contributed by atoms with Crippen molar-refractivity contribution < 1.29 is 4.43 Å². The minimum Gasteiger partial charge on any atom is -0.415 e. The Hall–Kier alpha value is -0.426. The molecule has 138 valence electrons. The Morgan fingerprint density at radius 2 is 1.38 bits per heavy atom. The van der Waals surface area contributed by atoms with Gasteiger partial charge < -0.3 is 9.41 Å². The number of rotatable bonds is 6.